The van der Waals surface area contributed by atoms with Crippen LogP contribution in [0.4, 0.5) is 15.8 Å². The van der Waals surface area contributed by atoms with Crippen molar-refractivity contribution >= 4 is 28.7 Å². The van der Waals surface area contributed by atoms with Crippen LogP contribution in [0.15, 0.2) is 42.5 Å². The van der Waals surface area contributed by atoms with Gasteiger partial charge in [-0.15, -0.1) is 0 Å². The first kappa shape index (κ1) is 16.9. The summed E-state index contributed by atoms with van der Waals surface area (Å²) >= 11 is 5.37. The monoisotopic (exact) mass is 343 g/mol. The summed E-state index contributed by atoms with van der Waals surface area (Å²) < 4.78 is 13.2. The SMILES string of the molecule is Cc1cc(F)ccc1NC(=S)Nc1cccc(CN2CCCC2)c1. The summed E-state index contributed by atoms with van der Waals surface area (Å²) in [5, 5.41) is 6.83. The van der Waals surface area contributed by atoms with Crippen molar-refractivity contribution in [2.75, 3.05) is 23.7 Å². The van der Waals surface area contributed by atoms with Gasteiger partial charge in [0, 0.05) is 17.9 Å². The van der Waals surface area contributed by atoms with E-state index in [1.54, 1.807) is 6.07 Å². The van der Waals surface area contributed by atoms with Gasteiger partial charge in [0.1, 0.15) is 5.82 Å². The summed E-state index contributed by atoms with van der Waals surface area (Å²) in [6.07, 6.45) is 2.59. The molecule has 0 bridgehead atoms. The lowest BCUT2D eigenvalue weighted by Crippen LogP contribution is -2.20. The molecule has 0 spiro atoms. The van der Waals surface area contributed by atoms with Gasteiger partial charge in [0.05, 0.1) is 0 Å². The molecule has 1 aliphatic heterocycles. The summed E-state index contributed by atoms with van der Waals surface area (Å²) in [6, 6.07) is 12.9. The highest BCUT2D eigenvalue weighted by atomic mass is 32.1. The fourth-order valence-corrected chi connectivity index (χ4v) is 3.23. The van der Waals surface area contributed by atoms with E-state index in [-0.39, 0.29) is 5.82 Å². The molecule has 0 radical (unpaired) electrons. The van der Waals surface area contributed by atoms with Gasteiger partial charge in [0.25, 0.3) is 0 Å². The van der Waals surface area contributed by atoms with Crippen LogP contribution in [-0.4, -0.2) is 23.1 Å². The third-order valence-corrected chi connectivity index (χ3v) is 4.43. The molecule has 3 rings (SSSR count). The lowest BCUT2D eigenvalue weighted by Gasteiger charge is -2.16. The van der Waals surface area contributed by atoms with E-state index in [1.165, 1.54) is 43.6 Å². The summed E-state index contributed by atoms with van der Waals surface area (Å²) in [6.45, 7) is 5.19. The van der Waals surface area contributed by atoms with Crippen molar-refractivity contribution in [2.45, 2.75) is 26.3 Å². The molecular formula is C19H22FN3S. The Kier molecular flexibility index (Phi) is 5.43. The average Bonchev–Trinajstić information content (AvgIpc) is 3.03. The third-order valence-electron chi connectivity index (χ3n) is 4.23. The van der Waals surface area contributed by atoms with Crippen molar-refractivity contribution in [3.05, 3.63) is 59.4 Å². The van der Waals surface area contributed by atoms with Gasteiger partial charge < -0.3 is 10.6 Å². The summed E-state index contributed by atoms with van der Waals surface area (Å²) in [4.78, 5) is 2.47. The number of thiocarbonyl (C=S) groups is 1. The van der Waals surface area contributed by atoms with Crippen molar-refractivity contribution in [3.8, 4) is 0 Å². The number of nitrogens with one attached hydrogen (secondary N) is 2. The molecule has 1 heterocycles. The number of halogens is 1. The number of hydrogen-bond acceptors (Lipinski definition) is 2. The van der Waals surface area contributed by atoms with Gasteiger partial charge in [-0.3, -0.25) is 4.90 Å². The molecule has 2 N–H and O–H groups in total. The lowest BCUT2D eigenvalue weighted by atomic mass is 10.2. The molecule has 0 saturated carbocycles. The normalized spacial score (nSPS) is 14.6. The van der Waals surface area contributed by atoms with Crippen molar-refractivity contribution < 1.29 is 4.39 Å². The molecule has 24 heavy (non-hydrogen) atoms. The van der Waals surface area contributed by atoms with E-state index >= 15 is 0 Å². The molecule has 1 fully saturated rings. The second kappa shape index (κ2) is 7.73. The first-order valence-electron chi connectivity index (χ1n) is 8.25. The van der Waals surface area contributed by atoms with Gasteiger partial charge >= 0.3 is 0 Å². The van der Waals surface area contributed by atoms with Gasteiger partial charge in [0.2, 0.25) is 0 Å². The third kappa shape index (κ3) is 4.52. The number of nitrogens with zero attached hydrogens (tertiary/aromatic N) is 1. The second-order valence-corrected chi connectivity index (χ2v) is 6.63. The van der Waals surface area contributed by atoms with E-state index in [9.17, 15) is 4.39 Å². The zero-order valence-corrected chi connectivity index (χ0v) is 14.6. The molecule has 0 unspecified atom stereocenters. The maximum Gasteiger partial charge on any atom is 0.175 e. The topological polar surface area (TPSA) is 27.3 Å². The molecule has 2 aromatic carbocycles. The Bertz CT molecular complexity index is 726. The minimum atomic E-state index is -0.244. The molecule has 126 valence electrons. The molecule has 2 aromatic rings. The van der Waals surface area contributed by atoms with Crippen LogP contribution in [0.5, 0.6) is 0 Å². The highest BCUT2D eigenvalue weighted by molar-refractivity contribution is 7.80. The van der Waals surface area contributed by atoms with Crippen LogP contribution in [0.2, 0.25) is 0 Å². The van der Waals surface area contributed by atoms with E-state index in [1.807, 2.05) is 19.1 Å². The Balaban J connectivity index is 1.61. The van der Waals surface area contributed by atoms with Crippen LogP contribution >= 0.6 is 12.2 Å². The highest BCUT2D eigenvalue weighted by Crippen LogP contribution is 2.18. The van der Waals surface area contributed by atoms with Crippen LogP contribution < -0.4 is 10.6 Å². The molecular weight excluding hydrogens is 321 g/mol. The maximum atomic E-state index is 13.2. The van der Waals surface area contributed by atoms with Crippen LogP contribution in [0, 0.1) is 12.7 Å². The summed E-state index contributed by atoms with van der Waals surface area (Å²) in [5.74, 6) is -0.244. The minimum Gasteiger partial charge on any atom is -0.332 e. The summed E-state index contributed by atoms with van der Waals surface area (Å²) in [7, 11) is 0. The second-order valence-electron chi connectivity index (χ2n) is 6.22. The highest BCUT2D eigenvalue weighted by Gasteiger charge is 2.12. The van der Waals surface area contributed by atoms with Gasteiger partial charge in [-0.05, 0) is 86.5 Å². The standard InChI is InChI=1S/C19H22FN3S/c1-14-11-16(20)7-8-18(14)22-19(24)21-17-6-4-5-15(12-17)13-23-9-2-3-10-23/h4-8,11-12H,2-3,9-10,13H2,1H3,(H2,21,22,24). The van der Waals surface area contributed by atoms with E-state index in [2.05, 4.69) is 27.7 Å². The molecule has 0 aromatic heterocycles. The Morgan fingerprint density at radius 1 is 1.12 bits per heavy atom. The minimum absolute atomic E-state index is 0.244. The van der Waals surface area contributed by atoms with Gasteiger partial charge in [-0.25, -0.2) is 4.39 Å². The smallest absolute Gasteiger partial charge is 0.175 e. The largest absolute Gasteiger partial charge is 0.332 e. The molecule has 0 amide bonds. The predicted molar refractivity (Wildman–Crippen MR) is 102 cm³/mol. The molecule has 1 aliphatic rings. The zero-order chi connectivity index (χ0) is 16.9. The van der Waals surface area contributed by atoms with Crippen molar-refractivity contribution in [3.63, 3.8) is 0 Å². The molecule has 3 nitrogen and oxygen atoms in total. The van der Waals surface area contributed by atoms with Crippen molar-refractivity contribution in [2.24, 2.45) is 0 Å². The van der Waals surface area contributed by atoms with E-state index in [0.717, 1.165) is 23.5 Å². The maximum absolute atomic E-state index is 13.2. The first-order valence-corrected chi connectivity index (χ1v) is 8.66. The summed E-state index contributed by atoms with van der Waals surface area (Å²) in [5.41, 5.74) is 3.87. The zero-order valence-electron chi connectivity index (χ0n) is 13.8. The Morgan fingerprint density at radius 2 is 1.92 bits per heavy atom. The quantitative estimate of drug-likeness (QED) is 0.797. The Labute approximate surface area is 147 Å². The molecule has 1 saturated heterocycles. The number of hydrogen-bond donors (Lipinski definition) is 2. The van der Waals surface area contributed by atoms with Crippen molar-refractivity contribution in [1.29, 1.82) is 0 Å². The number of rotatable bonds is 4. The van der Waals surface area contributed by atoms with Crippen LogP contribution in [-0.2, 0) is 6.54 Å². The Morgan fingerprint density at radius 3 is 2.67 bits per heavy atom. The molecule has 0 atom stereocenters. The van der Waals surface area contributed by atoms with Gasteiger partial charge in [0.15, 0.2) is 5.11 Å². The van der Waals surface area contributed by atoms with Crippen molar-refractivity contribution in [1.82, 2.24) is 4.90 Å². The van der Waals surface area contributed by atoms with Crippen LogP contribution in [0.1, 0.15) is 24.0 Å². The number of anilines is 2. The molecule has 5 heteroatoms. The van der Waals surface area contributed by atoms with Gasteiger partial charge in [-0.2, -0.15) is 0 Å². The van der Waals surface area contributed by atoms with E-state index in [0.29, 0.717) is 5.11 Å². The van der Waals surface area contributed by atoms with Crippen LogP contribution in [0.3, 0.4) is 0 Å². The fraction of sp³-hybridized carbons (Fsp3) is 0.316. The Hall–Kier alpha value is -1.98. The van der Waals surface area contributed by atoms with Gasteiger partial charge in [-0.1, -0.05) is 12.1 Å². The average molecular weight is 343 g/mol. The number of aryl methyl sites for hydroxylation is 1. The predicted octanol–water partition coefficient (Wildman–Crippen LogP) is 4.54. The van der Waals surface area contributed by atoms with E-state index < -0.39 is 0 Å². The molecule has 0 aliphatic carbocycles. The number of likely N-dealkylation sites (tertiary alicyclic amines) is 1. The van der Waals surface area contributed by atoms with Crippen LogP contribution in [0.25, 0.3) is 0 Å². The van der Waals surface area contributed by atoms with E-state index in [4.69, 9.17) is 12.2 Å². The fourth-order valence-electron chi connectivity index (χ4n) is 3.00. The first-order chi connectivity index (χ1) is 11.6. The number of benzene rings is 2. The lowest BCUT2D eigenvalue weighted by molar-refractivity contribution is 0.331.